The van der Waals surface area contributed by atoms with E-state index in [-0.39, 0.29) is 6.04 Å². The van der Waals surface area contributed by atoms with E-state index in [1.165, 1.54) is 0 Å². The number of H-pyrrole nitrogens is 1. The number of aromatic amines is 1. The zero-order valence-corrected chi connectivity index (χ0v) is 8.95. The van der Waals surface area contributed by atoms with Crippen molar-refractivity contribution < 1.29 is 4.42 Å². The lowest BCUT2D eigenvalue weighted by Gasteiger charge is -2.09. The van der Waals surface area contributed by atoms with E-state index < -0.39 is 0 Å². The topological polar surface area (TPSA) is 53.9 Å². The molecule has 0 radical (unpaired) electrons. The summed E-state index contributed by atoms with van der Waals surface area (Å²) in [6.07, 6.45) is 3.72. The summed E-state index contributed by atoms with van der Waals surface area (Å²) in [5.74, 6) is 1.91. The van der Waals surface area contributed by atoms with Crippen LogP contribution in [0, 0.1) is 6.92 Å². The van der Waals surface area contributed by atoms with Gasteiger partial charge < -0.3 is 9.73 Å². The Balaban J connectivity index is 1.88. The number of aromatic nitrogens is 2. The molecule has 0 aromatic carbocycles. The van der Waals surface area contributed by atoms with E-state index in [1.807, 2.05) is 31.5 Å². The van der Waals surface area contributed by atoms with Gasteiger partial charge in [-0.3, -0.25) is 5.10 Å². The van der Waals surface area contributed by atoms with Crippen LogP contribution in [0.5, 0.6) is 0 Å². The molecule has 0 spiro atoms. The third-order valence-electron chi connectivity index (χ3n) is 2.40. The Kier molecular flexibility index (Phi) is 2.87. The van der Waals surface area contributed by atoms with Crippen LogP contribution in [0.15, 0.2) is 28.9 Å². The minimum absolute atomic E-state index is 0.272. The molecule has 2 aromatic heterocycles. The summed E-state index contributed by atoms with van der Waals surface area (Å²) in [5, 5.41) is 10.1. The van der Waals surface area contributed by atoms with Gasteiger partial charge in [-0.1, -0.05) is 0 Å². The van der Waals surface area contributed by atoms with Gasteiger partial charge in [-0.05, 0) is 26.0 Å². The molecular formula is C11H15N3O. The second kappa shape index (κ2) is 4.31. The monoisotopic (exact) mass is 205 g/mol. The molecule has 0 amide bonds. The van der Waals surface area contributed by atoms with E-state index >= 15 is 0 Å². The molecular weight excluding hydrogens is 190 g/mol. The molecule has 0 saturated carbocycles. The minimum atomic E-state index is 0.272. The Morgan fingerprint density at radius 2 is 2.40 bits per heavy atom. The average molecular weight is 205 g/mol. The maximum atomic E-state index is 5.47. The molecule has 1 unspecified atom stereocenters. The second-order valence-electron chi connectivity index (χ2n) is 3.65. The molecule has 80 valence electrons. The Morgan fingerprint density at radius 3 is 3.00 bits per heavy atom. The first kappa shape index (κ1) is 9.98. The first-order valence-electron chi connectivity index (χ1n) is 5.03. The number of rotatable bonds is 4. The molecule has 0 aliphatic rings. The molecule has 4 heteroatoms. The zero-order valence-electron chi connectivity index (χ0n) is 8.95. The third-order valence-corrected chi connectivity index (χ3v) is 2.40. The van der Waals surface area contributed by atoms with E-state index in [2.05, 4.69) is 22.4 Å². The number of aryl methyl sites for hydroxylation is 1. The van der Waals surface area contributed by atoms with Crippen molar-refractivity contribution in [3.05, 3.63) is 41.6 Å². The largest absolute Gasteiger partial charge is 0.465 e. The van der Waals surface area contributed by atoms with Crippen LogP contribution in [0.25, 0.3) is 0 Å². The molecule has 4 nitrogen and oxygen atoms in total. The van der Waals surface area contributed by atoms with E-state index in [9.17, 15) is 0 Å². The van der Waals surface area contributed by atoms with Crippen molar-refractivity contribution in [3.8, 4) is 0 Å². The molecule has 0 fully saturated rings. The number of nitrogens with one attached hydrogen (secondary N) is 2. The summed E-state index contributed by atoms with van der Waals surface area (Å²) in [5.41, 5.74) is 1.15. The highest BCUT2D eigenvalue weighted by atomic mass is 16.3. The van der Waals surface area contributed by atoms with Gasteiger partial charge in [-0.25, -0.2) is 0 Å². The van der Waals surface area contributed by atoms with Crippen molar-refractivity contribution in [2.75, 3.05) is 0 Å². The fourth-order valence-electron chi connectivity index (χ4n) is 1.45. The fourth-order valence-corrected chi connectivity index (χ4v) is 1.45. The van der Waals surface area contributed by atoms with Gasteiger partial charge in [0, 0.05) is 17.8 Å². The molecule has 2 aromatic rings. The zero-order chi connectivity index (χ0) is 10.7. The molecule has 1 atom stereocenters. The molecule has 0 aliphatic carbocycles. The molecule has 15 heavy (non-hydrogen) atoms. The van der Waals surface area contributed by atoms with Gasteiger partial charge in [-0.2, -0.15) is 5.10 Å². The molecule has 2 rings (SSSR count). The second-order valence-corrected chi connectivity index (χ2v) is 3.65. The normalized spacial score (nSPS) is 12.9. The number of nitrogens with zero attached hydrogens (tertiary/aromatic N) is 1. The van der Waals surface area contributed by atoms with Crippen molar-refractivity contribution >= 4 is 0 Å². The Labute approximate surface area is 88.7 Å². The highest BCUT2D eigenvalue weighted by Crippen LogP contribution is 2.11. The lowest BCUT2D eigenvalue weighted by molar-refractivity contribution is 0.444. The highest BCUT2D eigenvalue weighted by molar-refractivity contribution is 5.09. The van der Waals surface area contributed by atoms with Gasteiger partial charge in [0.1, 0.15) is 11.5 Å². The van der Waals surface area contributed by atoms with Gasteiger partial charge >= 0.3 is 0 Å². The number of hydrogen-bond acceptors (Lipinski definition) is 3. The standard InChI is InChI=1S/C11H15N3O/c1-8-3-4-11(15-8)7-12-9(2)10-5-13-14-6-10/h3-6,9,12H,7H2,1-2H3,(H,13,14). The van der Waals surface area contributed by atoms with E-state index in [4.69, 9.17) is 4.42 Å². The summed E-state index contributed by atoms with van der Waals surface area (Å²) < 4.78 is 5.47. The maximum absolute atomic E-state index is 5.47. The van der Waals surface area contributed by atoms with Crippen LogP contribution >= 0.6 is 0 Å². The molecule has 0 bridgehead atoms. The van der Waals surface area contributed by atoms with Crippen LogP contribution in [-0.2, 0) is 6.54 Å². The van der Waals surface area contributed by atoms with Crippen molar-refractivity contribution in [2.45, 2.75) is 26.4 Å². The molecule has 2 N–H and O–H groups in total. The van der Waals surface area contributed by atoms with Crippen LogP contribution < -0.4 is 5.32 Å². The molecule has 2 heterocycles. The van der Waals surface area contributed by atoms with Crippen LogP contribution in [-0.4, -0.2) is 10.2 Å². The minimum Gasteiger partial charge on any atom is -0.465 e. The van der Waals surface area contributed by atoms with E-state index in [0.29, 0.717) is 0 Å². The van der Waals surface area contributed by atoms with Crippen LogP contribution in [0.2, 0.25) is 0 Å². The molecule has 0 saturated heterocycles. The summed E-state index contributed by atoms with van der Waals surface area (Å²) in [7, 11) is 0. The number of furan rings is 1. The highest BCUT2D eigenvalue weighted by Gasteiger charge is 2.06. The van der Waals surface area contributed by atoms with Crippen LogP contribution in [0.1, 0.15) is 30.0 Å². The lowest BCUT2D eigenvalue weighted by atomic mass is 10.2. The first-order chi connectivity index (χ1) is 7.25. The lowest BCUT2D eigenvalue weighted by Crippen LogP contribution is -2.17. The Morgan fingerprint density at radius 1 is 1.53 bits per heavy atom. The summed E-state index contributed by atoms with van der Waals surface area (Å²) in [6.45, 7) is 4.78. The first-order valence-corrected chi connectivity index (χ1v) is 5.03. The summed E-state index contributed by atoms with van der Waals surface area (Å²) >= 11 is 0. The Bertz CT molecular complexity index is 405. The predicted octanol–water partition coefficient (Wildman–Crippen LogP) is 2.16. The fraction of sp³-hybridized carbons (Fsp3) is 0.364. The van der Waals surface area contributed by atoms with Crippen molar-refractivity contribution in [3.63, 3.8) is 0 Å². The molecule has 0 aliphatic heterocycles. The SMILES string of the molecule is Cc1ccc(CNC(C)c2cn[nH]c2)o1. The van der Waals surface area contributed by atoms with Crippen LogP contribution in [0.3, 0.4) is 0 Å². The van der Waals surface area contributed by atoms with Crippen molar-refractivity contribution in [1.82, 2.24) is 15.5 Å². The third kappa shape index (κ3) is 2.47. The van der Waals surface area contributed by atoms with Gasteiger partial charge in [-0.15, -0.1) is 0 Å². The van der Waals surface area contributed by atoms with Crippen molar-refractivity contribution in [2.24, 2.45) is 0 Å². The average Bonchev–Trinajstić information content (AvgIpc) is 2.84. The predicted molar refractivity (Wildman–Crippen MR) is 57.3 cm³/mol. The maximum Gasteiger partial charge on any atom is 0.117 e. The van der Waals surface area contributed by atoms with Crippen molar-refractivity contribution in [1.29, 1.82) is 0 Å². The van der Waals surface area contributed by atoms with Gasteiger partial charge in [0.25, 0.3) is 0 Å². The number of hydrogen-bond donors (Lipinski definition) is 2. The quantitative estimate of drug-likeness (QED) is 0.804. The van der Waals surface area contributed by atoms with Gasteiger partial charge in [0.2, 0.25) is 0 Å². The van der Waals surface area contributed by atoms with E-state index in [0.717, 1.165) is 23.6 Å². The van der Waals surface area contributed by atoms with Gasteiger partial charge in [0.15, 0.2) is 0 Å². The Hall–Kier alpha value is -1.55. The van der Waals surface area contributed by atoms with E-state index in [1.54, 1.807) is 0 Å². The van der Waals surface area contributed by atoms with Crippen LogP contribution in [0.4, 0.5) is 0 Å². The summed E-state index contributed by atoms with van der Waals surface area (Å²) in [4.78, 5) is 0. The smallest absolute Gasteiger partial charge is 0.117 e. The summed E-state index contributed by atoms with van der Waals surface area (Å²) in [6, 6.07) is 4.23. The van der Waals surface area contributed by atoms with Gasteiger partial charge in [0.05, 0.1) is 12.7 Å².